The first-order valence-corrected chi connectivity index (χ1v) is 7.02. The Kier molecular flexibility index (Phi) is 4.62. The van der Waals surface area contributed by atoms with Gasteiger partial charge >= 0.3 is 0 Å². The summed E-state index contributed by atoms with van der Waals surface area (Å²) in [7, 11) is 0. The lowest BCUT2D eigenvalue weighted by atomic mass is 9.94. The molecule has 0 saturated carbocycles. The van der Waals surface area contributed by atoms with Gasteiger partial charge in [0.2, 0.25) is 0 Å². The molecular formula is C18H22O. The summed E-state index contributed by atoms with van der Waals surface area (Å²) in [5.41, 5.74) is 0.932. The molecule has 0 aromatic heterocycles. The Morgan fingerprint density at radius 3 is 2.63 bits per heavy atom. The molecule has 0 bridgehead atoms. The van der Waals surface area contributed by atoms with Crippen LogP contribution >= 0.6 is 0 Å². The van der Waals surface area contributed by atoms with Crippen LogP contribution in [0.15, 0.2) is 60.7 Å². The normalized spacial score (nSPS) is 22.0. The fourth-order valence-corrected chi connectivity index (χ4v) is 2.13. The van der Waals surface area contributed by atoms with Gasteiger partial charge in [0.1, 0.15) is 11.4 Å². The van der Waals surface area contributed by atoms with Crippen molar-refractivity contribution in [2.45, 2.75) is 38.7 Å². The molecule has 0 amide bonds. The van der Waals surface area contributed by atoms with Gasteiger partial charge in [0.15, 0.2) is 0 Å². The number of rotatable bonds is 5. The average Bonchev–Trinajstić information content (AvgIpc) is 2.43. The topological polar surface area (TPSA) is 9.23 Å². The Labute approximate surface area is 116 Å². The molecule has 0 heterocycles. The summed E-state index contributed by atoms with van der Waals surface area (Å²) in [6, 6.07) is 8.25. The van der Waals surface area contributed by atoms with E-state index in [9.17, 15) is 0 Å². The van der Waals surface area contributed by atoms with Gasteiger partial charge in [0, 0.05) is 6.42 Å². The van der Waals surface area contributed by atoms with Crippen molar-refractivity contribution in [3.8, 4) is 5.75 Å². The molecule has 0 saturated heterocycles. The van der Waals surface area contributed by atoms with Gasteiger partial charge in [-0.2, -0.15) is 0 Å². The second kappa shape index (κ2) is 6.42. The van der Waals surface area contributed by atoms with Crippen LogP contribution in [0, 0.1) is 6.92 Å². The molecule has 19 heavy (non-hydrogen) atoms. The minimum absolute atomic E-state index is 0.320. The predicted molar refractivity (Wildman–Crippen MR) is 81.5 cm³/mol. The molecule has 1 nitrogen and oxygen atoms in total. The molecule has 2 rings (SSSR count). The molecule has 1 aromatic carbocycles. The third-order valence-electron chi connectivity index (χ3n) is 3.25. The summed E-state index contributed by atoms with van der Waals surface area (Å²) in [4.78, 5) is 0. The van der Waals surface area contributed by atoms with Crippen LogP contribution in [0.2, 0.25) is 0 Å². The molecule has 1 heteroatoms. The van der Waals surface area contributed by atoms with Crippen LogP contribution in [0.1, 0.15) is 31.7 Å². The third kappa shape index (κ3) is 3.85. The summed E-state index contributed by atoms with van der Waals surface area (Å²) in [5.74, 6) is 0.923. The first kappa shape index (κ1) is 13.7. The van der Waals surface area contributed by atoms with E-state index < -0.39 is 0 Å². The number of hydrogen-bond donors (Lipinski definition) is 0. The molecule has 1 atom stereocenters. The van der Waals surface area contributed by atoms with Gasteiger partial charge in [0.05, 0.1) is 0 Å². The van der Waals surface area contributed by atoms with E-state index in [-0.39, 0.29) is 5.60 Å². The van der Waals surface area contributed by atoms with E-state index in [4.69, 9.17) is 4.74 Å². The van der Waals surface area contributed by atoms with Gasteiger partial charge in [-0.15, -0.1) is 0 Å². The largest absolute Gasteiger partial charge is 0.479 e. The molecule has 0 N–H and O–H groups in total. The van der Waals surface area contributed by atoms with Gasteiger partial charge in [-0.05, 0) is 37.6 Å². The zero-order valence-electron chi connectivity index (χ0n) is 11.8. The van der Waals surface area contributed by atoms with Crippen molar-refractivity contribution in [1.82, 2.24) is 0 Å². The number of hydrogen-bond acceptors (Lipinski definition) is 1. The maximum absolute atomic E-state index is 6.22. The van der Waals surface area contributed by atoms with E-state index in [2.05, 4.69) is 62.4 Å². The van der Waals surface area contributed by atoms with Gasteiger partial charge in [-0.1, -0.05) is 55.3 Å². The van der Waals surface area contributed by atoms with Crippen molar-refractivity contribution in [3.63, 3.8) is 0 Å². The highest BCUT2D eigenvalue weighted by Crippen LogP contribution is 2.27. The minimum atomic E-state index is -0.320. The zero-order valence-corrected chi connectivity index (χ0v) is 11.8. The lowest BCUT2D eigenvalue weighted by Crippen LogP contribution is -2.31. The van der Waals surface area contributed by atoms with Gasteiger partial charge in [-0.25, -0.2) is 0 Å². The molecular weight excluding hydrogens is 232 g/mol. The Morgan fingerprint density at radius 2 is 2.00 bits per heavy atom. The standard InChI is InChI=1S/C18H22O/c1-3-4-6-13-18(14-7-5-8-15-18)19-17-11-9-16(2)10-12-17/h5-14H,3-4,15H2,1-2H3. The first-order valence-electron chi connectivity index (χ1n) is 7.02. The maximum Gasteiger partial charge on any atom is 0.149 e. The van der Waals surface area contributed by atoms with Crippen molar-refractivity contribution in [1.29, 1.82) is 0 Å². The van der Waals surface area contributed by atoms with Crippen LogP contribution in [0.25, 0.3) is 0 Å². The van der Waals surface area contributed by atoms with E-state index in [1.165, 1.54) is 5.56 Å². The van der Waals surface area contributed by atoms with Gasteiger partial charge < -0.3 is 4.74 Å². The Hall–Kier alpha value is -1.76. The fraction of sp³-hybridized carbons (Fsp3) is 0.333. The Balaban J connectivity index is 2.16. The lowest BCUT2D eigenvalue weighted by Gasteiger charge is -2.29. The second-order valence-electron chi connectivity index (χ2n) is 5.05. The number of aryl methyl sites for hydroxylation is 1. The number of allylic oxidation sites excluding steroid dienone is 3. The third-order valence-corrected chi connectivity index (χ3v) is 3.25. The Morgan fingerprint density at radius 1 is 1.21 bits per heavy atom. The quantitative estimate of drug-likeness (QED) is 0.673. The van der Waals surface area contributed by atoms with Gasteiger partial charge in [-0.3, -0.25) is 0 Å². The summed E-state index contributed by atoms with van der Waals surface area (Å²) >= 11 is 0. The smallest absolute Gasteiger partial charge is 0.149 e. The van der Waals surface area contributed by atoms with E-state index in [1.54, 1.807) is 0 Å². The molecule has 1 unspecified atom stereocenters. The molecule has 100 valence electrons. The van der Waals surface area contributed by atoms with E-state index in [1.807, 2.05) is 12.1 Å². The molecule has 0 fully saturated rings. The molecule has 1 aliphatic carbocycles. The second-order valence-corrected chi connectivity index (χ2v) is 5.05. The van der Waals surface area contributed by atoms with E-state index >= 15 is 0 Å². The maximum atomic E-state index is 6.22. The Bertz CT molecular complexity index is 479. The van der Waals surface area contributed by atoms with Crippen molar-refractivity contribution >= 4 is 0 Å². The van der Waals surface area contributed by atoms with Crippen LogP contribution in [-0.2, 0) is 0 Å². The summed E-state index contributed by atoms with van der Waals surface area (Å²) in [6.07, 6.45) is 16.0. The van der Waals surface area contributed by atoms with Gasteiger partial charge in [0.25, 0.3) is 0 Å². The zero-order chi connectivity index (χ0) is 13.6. The fourth-order valence-electron chi connectivity index (χ4n) is 2.13. The van der Waals surface area contributed by atoms with Crippen molar-refractivity contribution in [2.75, 3.05) is 0 Å². The number of ether oxygens (including phenoxy) is 1. The lowest BCUT2D eigenvalue weighted by molar-refractivity contribution is 0.173. The summed E-state index contributed by atoms with van der Waals surface area (Å²) < 4.78 is 6.22. The van der Waals surface area contributed by atoms with Crippen LogP contribution < -0.4 is 4.74 Å². The average molecular weight is 254 g/mol. The van der Waals surface area contributed by atoms with Crippen molar-refractivity contribution < 1.29 is 4.74 Å². The first-order chi connectivity index (χ1) is 9.24. The minimum Gasteiger partial charge on any atom is -0.479 e. The number of unbranched alkanes of at least 4 members (excludes halogenated alkanes) is 1. The van der Waals surface area contributed by atoms with Crippen molar-refractivity contribution in [3.05, 3.63) is 66.3 Å². The summed E-state index contributed by atoms with van der Waals surface area (Å²) in [5, 5.41) is 0. The van der Waals surface area contributed by atoms with Crippen LogP contribution in [-0.4, -0.2) is 5.60 Å². The highest BCUT2D eigenvalue weighted by atomic mass is 16.5. The monoisotopic (exact) mass is 254 g/mol. The molecule has 1 aromatic rings. The van der Waals surface area contributed by atoms with Crippen LogP contribution in [0.3, 0.4) is 0 Å². The van der Waals surface area contributed by atoms with E-state index in [0.29, 0.717) is 0 Å². The van der Waals surface area contributed by atoms with Crippen LogP contribution in [0.5, 0.6) is 5.75 Å². The molecule has 0 radical (unpaired) electrons. The molecule has 0 spiro atoms. The number of benzene rings is 1. The SMILES string of the molecule is CCCC=CC1(Oc2ccc(C)cc2)C=CC=CC1. The highest BCUT2D eigenvalue weighted by Gasteiger charge is 2.25. The van der Waals surface area contributed by atoms with Crippen molar-refractivity contribution in [2.24, 2.45) is 0 Å². The molecule has 1 aliphatic rings. The van der Waals surface area contributed by atoms with E-state index in [0.717, 1.165) is 25.0 Å². The highest BCUT2D eigenvalue weighted by molar-refractivity contribution is 5.32. The van der Waals surface area contributed by atoms with Crippen LogP contribution in [0.4, 0.5) is 0 Å². The molecule has 0 aliphatic heterocycles. The summed E-state index contributed by atoms with van der Waals surface area (Å²) in [6.45, 7) is 4.28. The predicted octanol–water partition coefficient (Wildman–Crippen LogP) is 4.99.